The molecule has 2 nitrogen and oxygen atoms in total. The van der Waals surface area contributed by atoms with Crippen LogP contribution in [-0.2, 0) is 12.7 Å². The van der Waals surface area contributed by atoms with Gasteiger partial charge in [0.05, 0.1) is 17.6 Å². The number of nitrogens with zero attached hydrogens (tertiary/aromatic N) is 2. The maximum absolute atomic E-state index is 12.7. The van der Waals surface area contributed by atoms with Crippen molar-refractivity contribution in [3.8, 4) is 0 Å². The highest BCUT2D eigenvalue weighted by Gasteiger charge is 2.30. The fourth-order valence-corrected chi connectivity index (χ4v) is 2.23. The van der Waals surface area contributed by atoms with Crippen LogP contribution in [0.2, 0.25) is 5.02 Å². The van der Waals surface area contributed by atoms with Crippen molar-refractivity contribution in [1.29, 1.82) is 0 Å². The molecule has 0 spiro atoms. The third-order valence-corrected chi connectivity index (χ3v) is 3.39. The van der Waals surface area contributed by atoms with E-state index in [9.17, 15) is 13.2 Å². The van der Waals surface area contributed by atoms with Gasteiger partial charge in [-0.3, -0.25) is 4.68 Å². The number of alkyl halides is 3. The standard InChI is InChI=1S/C15H10ClF3N2/c16-13-5-1-10(2-6-13)8-21-9-11-3-4-12(15(17,18)19)7-14(11)20-21/h1-7,9H,8H2. The molecule has 108 valence electrons. The van der Waals surface area contributed by atoms with Gasteiger partial charge in [-0.25, -0.2) is 0 Å². The molecule has 0 saturated carbocycles. The van der Waals surface area contributed by atoms with Crippen LogP contribution in [0.1, 0.15) is 11.1 Å². The van der Waals surface area contributed by atoms with Gasteiger partial charge < -0.3 is 0 Å². The quantitative estimate of drug-likeness (QED) is 0.667. The van der Waals surface area contributed by atoms with Crippen molar-refractivity contribution in [1.82, 2.24) is 9.78 Å². The molecule has 21 heavy (non-hydrogen) atoms. The lowest BCUT2D eigenvalue weighted by Crippen LogP contribution is -2.04. The van der Waals surface area contributed by atoms with Gasteiger partial charge in [0.2, 0.25) is 0 Å². The number of rotatable bonds is 2. The highest BCUT2D eigenvalue weighted by molar-refractivity contribution is 6.30. The van der Waals surface area contributed by atoms with Crippen molar-refractivity contribution in [2.45, 2.75) is 12.7 Å². The van der Waals surface area contributed by atoms with Crippen molar-refractivity contribution in [3.05, 3.63) is 64.8 Å². The third-order valence-electron chi connectivity index (χ3n) is 3.14. The minimum Gasteiger partial charge on any atom is -0.267 e. The topological polar surface area (TPSA) is 17.8 Å². The highest BCUT2D eigenvalue weighted by atomic mass is 35.5. The first-order valence-corrected chi connectivity index (χ1v) is 6.58. The first kappa shape index (κ1) is 13.9. The Labute approximate surface area is 123 Å². The molecule has 3 aromatic rings. The van der Waals surface area contributed by atoms with Crippen molar-refractivity contribution in [2.24, 2.45) is 0 Å². The molecular formula is C15H10ClF3N2. The smallest absolute Gasteiger partial charge is 0.267 e. The molecule has 3 rings (SSSR count). The Morgan fingerprint density at radius 3 is 2.43 bits per heavy atom. The molecular weight excluding hydrogens is 301 g/mol. The molecule has 0 bridgehead atoms. The minimum atomic E-state index is -4.35. The van der Waals surface area contributed by atoms with Gasteiger partial charge in [0.1, 0.15) is 0 Å². The second-order valence-corrected chi connectivity index (χ2v) is 5.16. The van der Waals surface area contributed by atoms with Gasteiger partial charge in [0, 0.05) is 16.6 Å². The largest absolute Gasteiger partial charge is 0.416 e. The summed E-state index contributed by atoms with van der Waals surface area (Å²) in [5.41, 5.74) is 0.619. The SMILES string of the molecule is FC(F)(F)c1ccc2cn(Cc3ccc(Cl)cc3)nc2c1. The number of halogens is 4. The van der Waals surface area contributed by atoms with E-state index in [4.69, 9.17) is 11.6 Å². The fourth-order valence-electron chi connectivity index (χ4n) is 2.10. The molecule has 0 aliphatic rings. The predicted octanol–water partition coefficient (Wildman–Crippen LogP) is 4.76. The van der Waals surface area contributed by atoms with Gasteiger partial charge in [-0.15, -0.1) is 0 Å². The van der Waals surface area contributed by atoms with E-state index in [1.807, 2.05) is 12.1 Å². The Morgan fingerprint density at radius 2 is 1.76 bits per heavy atom. The van der Waals surface area contributed by atoms with Crippen LogP contribution >= 0.6 is 11.6 Å². The van der Waals surface area contributed by atoms with Crippen LogP contribution in [-0.4, -0.2) is 9.78 Å². The lowest BCUT2D eigenvalue weighted by atomic mass is 10.1. The van der Waals surface area contributed by atoms with Gasteiger partial charge in [-0.2, -0.15) is 18.3 Å². The summed E-state index contributed by atoms with van der Waals surface area (Å²) >= 11 is 5.81. The molecule has 1 aromatic heterocycles. The second kappa shape index (κ2) is 5.07. The zero-order chi connectivity index (χ0) is 15.0. The summed E-state index contributed by atoms with van der Waals surface area (Å²) in [6, 6.07) is 10.8. The number of fused-ring (bicyclic) bond motifs is 1. The fraction of sp³-hybridized carbons (Fsp3) is 0.133. The number of hydrogen-bond acceptors (Lipinski definition) is 1. The zero-order valence-electron chi connectivity index (χ0n) is 10.7. The first-order valence-electron chi connectivity index (χ1n) is 6.21. The van der Waals surface area contributed by atoms with E-state index in [-0.39, 0.29) is 0 Å². The van der Waals surface area contributed by atoms with Gasteiger partial charge in [0.15, 0.2) is 0 Å². The average molecular weight is 311 g/mol. The number of hydrogen-bond donors (Lipinski definition) is 0. The summed E-state index contributed by atoms with van der Waals surface area (Å²) < 4.78 is 39.6. The van der Waals surface area contributed by atoms with Crippen LogP contribution in [0.5, 0.6) is 0 Å². The Bertz CT molecular complexity index is 776. The van der Waals surface area contributed by atoms with Gasteiger partial charge in [0.25, 0.3) is 0 Å². The summed E-state index contributed by atoms with van der Waals surface area (Å²) in [6.07, 6.45) is -2.63. The summed E-state index contributed by atoms with van der Waals surface area (Å²) in [5.74, 6) is 0. The van der Waals surface area contributed by atoms with Crippen LogP contribution < -0.4 is 0 Å². The number of aromatic nitrogens is 2. The first-order chi connectivity index (χ1) is 9.91. The van der Waals surface area contributed by atoms with Gasteiger partial charge in [-0.05, 0) is 29.8 Å². The molecule has 2 aromatic carbocycles. The Kier molecular flexibility index (Phi) is 3.37. The second-order valence-electron chi connectivity index (χ2n) is 4.72. The molecule has 0 unspecified atom stereocenters. The maximum Gasteiger partial charge on any atom is 0.416 e. The van der Waals surface area contributed by atoms with E-state index in [0.29, 0.717) is 22.5 Å². The van der Waals surface area contributed by atoms with E-state index in [1.54, 1.807) is 23.0 Å². The molecule has 0 atom stereocenters. The van der Waals surface area contributed by atoms with Crippen molar-refractivity contribution >= 4 is 22.5 Å². The van der Waals surface area contributed by atoms with Crippen molar-refractivity contribution in [3.63, 3.8) is 0 Å². The van der Waals surface area contributed by atoms with E-state index < -0.39 is 11.7 Å². The number of benzene rings is 2. The van der Waals surface area contributed by atoms with E-state index in [1.165, 1.54) is 6.07 Å². The van der Waals surface area contributed by atoms with Crippen LogP contribution in [0, 0.1) is 0 Å². The molecule has 0 fully saturated rings. The third kappa shape index (κ3) is 3.03. The molecule has 0 amide bonds. The predicted molar refractivity (Wildman–Crippen MR) is 75.3 cm³/mol. The zero-order valence-corrected chi connectivity index (χ0v) is 11.5. The highest BCUT2D eigenvalue weighted by Crippen LogP contribution is 2.31. The van der Waals surface area contributed by atoms with Crippen LogP contribution in [0.4, 0.5) is 13.2 Å². The van der Waals surface area contributed by atoms with E-state index in [0.717, 1.165) is 17.7 Å². The average Bonchev–Trinajstić information content (AvgIpc) is 2.81. The molecule has 0 aliphatic heterocycles. The molecule has 0 aliphatic carbocycles. The van der Waals surface area contributed by atoms with E-state index in [2.05, 4.69) is 5.10 Å². The Balaban J connectivity index is 1.92. The summed E-state index contributed by atoms with van der Waals surface area (Å²) in [4.78, 5) is 0. The van der Waals surface area contributed by atoms with E-state index >= 15 is 0 Å². The molecule has 0 saturated heterocycles. The summed E-state index contributed by atoms with van der Waals surface area (Å²) in [7, 11) is 0. The monoisotopic (exact) mass is 310 g/mol. The molecule has 6 heteroatoms. The van der Waals surface area contributed by atoms with Crippen molar-refractivity contribution in [2.75, 3.05) is 0 Å². The van der Waals surface area contributed by atoms with Crippen LogP contribution in [0.25, 0.3) is 10.9 Å². The van der Waals surface area contributed by atoms with Crippen LogP contribution in [0.3, 0.4) is 0 Å². The maximum atomic E-state index is 12.7. The molecule has 1 heterocycles. The Morgan fingerprint density at radius 1 is 1.05 bits per heavy atom. The van der Waals surface area contributed by atoms with Crippen LogP contribution in [0.15, 0.2) is 48.7 Å². The molecule has 0 radical (unpaired) electrons. The molecule has 0 N–H and O–H groups in total. The lowest BCUT2D eigenvalue weighted by molar-refractivity contribution is -0.137. The minimum absolute atomic E-state index is 0.332. The lowest BCUT2D eigenvalue weighted by Gasteiger charge is -2.04. The summed E-state index contributed by atoms with van der Waals surface area (Å²) in [5, 5.41) is 5.50. The van der Waals surface area contributed by atoms with Crippen molar-refractivity contribution < 1.29 is 13.2 Å². The normalized spacial score (nSPS) is 12.0. The van der Waals surface area contributed by atoms with Gasteiger partial charge in [-0.1, -0.05) is 29.8 Å². The summed E-state index contributed by atoms with van der Waals surface area (Å²) in [6.45, 7) is 0.479. The Hall–Kier alpha value is -2.01. The van der Waals surface area contributed by atoms with Gasteiger partial charge >= 0.3 is 6.18 Å².